The Morgan fingerprint density at radius 2 is 1.78 bits per heavy atom. The van der Waals surface area contributed by atoms with Crippen molar-refractivity contribution in [1.29, 1.82) is 5.26 Å². The number of aromatic nitrogens is 1. The van der Waals surface area contributed by atoms with Gasteiger partial charge in [-0.15, -0.1) is 0 Å². The van der Waals surface area contributed by atoms with Crippen LogP contribution >= 0.6 is 0 Å². The topological polar surface area (TPSA) is 96.0 Å². The first-order valence-electron chi connectivity index (χ1n) is 10.2. The smallest absolute Gasteiger partial charge is 0.325 e. The van der Waals surface area contributed by atoms with Crippen molar-refractivity contribution in [3.8, 4) is 6.07 Å². The fourth-order valence-electron chi connectivity index (χ4n) is 3.81. The summed E-state index contributed by atoms with van der Waals surface area (Å²) in [5.74, 6) is -0.195. The van der Waals surface area contributed by atoms with Gasteiger partial charge in [0.1, 0.15) is 0 Å². The summed E-state index contributed by atoms with van der Waals surface area (Å²) < 4.78 is 4.77. The minimum absolute atomic E-state index is 0.195. The summed E-state index contributed by atoms with van der Waals surface area (Å²) in [5.41, 5.74) is 2.07. The highest BCUT2D eigenvalue weighted by atomic mass is 16.5. The highest BCUT2D eigenvalue weighted by molar-refractivity contribution is 6.00. The minimum atomic E-state index is -0.896. The molecule has 4 aromatic rings. The van der Waals surface area contributed by atoms with E-state index >= 15 is 0 Å². The molecule has 0 saturated carbocycles. The zero-order valence-corrected chi connectivity index (χ0v) is 17.8. The predicted molar refractivity (Wildman–Crippen MR) is 122 cm³/mol. The maximum absolute atomic E-state index is 13.6. The number of carbonyl (C=O) groups excluding carboxylic acids is 1. The van der Waals surface area contributed by atoms with Crippen molar-refractivity contribution >= 4 is 22.4 Å². The summed E-state index contributed by atoms with van der Waals surface area (Å²) in [5, 5.41) is 16.9. The van der Waals surface area contributed by atoms with Crippen molar-refractivity contribution in [2.45, 2.75) is 25.7 Å². The number of benzene rings is 3. The molecule has 1 unspecified atom stereocenters. The second kappa shape index (κ2) is 8.48. The van der Waals surface area contributed by atoms with Crippen molar-refractivity contribution in [3.63, 3.8) is 0 Å². The van der Waals surface area contributed by atoms with Crippen LogP contribution in [0.3, 0.4) is 0 Å². The van der Waals surface area contributed by atoms with Gasteiger partial charge in [0, 0.05) is 11.1 Å². The number of fused-ring (bicyclic) bond motifs is 1. The molecule has 6 heteroatoms. The number of carbonyl (C=O) groups is 1. The van der Waals surface area contributed by atoms with Gasteiger partial charge in [0.05, 0.1) is 28.1 Å². The Balaban J connectivity index is 1.73. The Hall–Kier alpha value is -4.24. The second-order valence-corrected chi connectivity index (χ2v) is 7.95. The van der Waals surface area contributed by atoms with Gasteiger partial charge in [-0.3, -0.25) is 4.79 Å². The fraction of sp³-hybridized carbons (Fsp3) is 0.154. The van der Waals surface area contributed by atoms with Crippen LogP contribution in [0.4, 0.5) is 5.69 Å². The van der Waals surface area contributed by atoms with Crippen molar-refractivity contribution in [2.24, 2.45) is 0 Å². The quantitative estimate of drug-likeness (QED) is 0.510. The molecule has 0 aliphatic carbocycles. The van der Waals surface area contributed by atoms with Crippen molar-refractivity contribution < 1.29 is 9.32 Å². The van der Waals surface area contributed by atoms with E-state index in [-0.39, 0.29) is 5.91 Å². The van der Waals surface area contributed by atoms with Crippen LogP contribution in [-0.2, 0) is 16.6 Å². The molecule has 0 bridgehead atoms. The molecule has 1 aromatic heterocycles. The number of nitrogens with one attached hydrogen (secondary N) is 1. The third kappa shape index (κ3) is 4.01. The predicted octanol–water partition coefficient (Wildman–Crippen LogP) is 4.51. The van der Waals surface area contributed by atoms with Gasteiger partial charge in [-0.25, -0.2) is 4.79 Å². The summed E-state index contributed by atoms with van der Waals surface area (Å²) in [6.45, 7) is 3.63. The minimum Gasteiger partial charge on any atom is -0.325 e. The molecule has 3 aromatic carbocycles. The average Bonchev–Trinajstić information content (AvgIpc) is 2.82. The van der Waals surface area contributed by atoms with E-state index in [1.807, 2.05) is 49.4 Å². The third-order valence-corrected chi connectivity index (χ3v) is 5.71. The number of amides is 1. The maximum Gasteiger partial charge on any atom is 0.366 e. The first kappa shape index (κ1) is 21.0. The molecule has 0 fully saturated rings. The van der Waals surface area contributed by atoms with Crippen LogP contribution in [0.15, 0.2) is 82.1 Å². The molecule has 1 atom stereocenters. The summed E-state index contributed by atoms with van der Waals surface area (Å²) in [4.78, 5) is 25.5. The number of rotatable bonds is 5. The van der Waals surface area contributed by atoms with Crippen LogP contribution in [-0.4, -0.2) is 11.1 Å². The lowest BCUT2D eigenvalue weighted by atomic mass is 9.76. The maximum atomic E-state index is 13.6. The summed E-state index contributed by atoms with van der Waals surface area (Å²) in [6, 6.07) is 24.0. The second-order valence-electron chi connectivity index (χ2n) is 7.95. The summed E-state index contributed by atoms with van der Waals surface area (Å²) >= 11 is 0. The Bertz CT molecular complexity index is 1390. The molecule has 1 N–H and O–H groups in total. The van der Waals surface area contributed by atoms with E-state index in [2.05, 4.69) is 16.5 Å². The SMILES string of the molecule is Cc1noc(=O)c2ccc(NC(=O)C(C)(Cc3ccccc3)c3ccc(C#N)cc3)cc12. The van der Waals surface area contributed by atoms with E-state index in [1.54, 1.807) is 37.3 Å². The number of anilines is 1. The van der Waals surface area contributed by atoms with Crippen LogP contribution in [0.25, 0.3) is 10.8 Å². The van der Waals surface area contributed by atoms with E-state index in [4.69, 9.17) is 9.78 Å². The van der Waals surface area contributed by atoms with E-state index in [1.165, 1.54) is 0 Å². The van der Waals surface area contributed by atoms with Gasteiger partial charge in [-0.05, 0) is 61.7 Å². The fourth-order valence-corrected chi connectivity index (χ4v) is 3.81. The number of hydrogen-bond donors (Lipinski definition) is 1. The van der Waals surface area contributed by atoms with Crippen molar-refractivity contribution in [3.05, 3.63) is 106 Å². The number of aryl methyl sites for hydroxylation is 1. The van der Waals surface area contributed by atoms with Crippen LogP contribution in [0.2, 0.25) is 0 Å². The van der Waals surface area contributed by atoms with E-state index in [0.29, 0.717) is 34.1 Å². The normalized spacial score (nSPS) is 12.7. The number of hydrogen-bond acceptors (Lipinski definition) is 5. The molecular formula is C26H21N3O3. The lowest BCUT2D eigenvalue weighted by Crippen LogP contribution is -2.39. The Morgan fingerprint density at radius 3 is 2.47 bits per heavy atom. The van der Waals surface area contributed by atoms with Crippen LogP contribution in [0.5, 0.6) is 0 Å². The van der Waals surface area contributed by atoms with Crippen molar-refractivity contribution in [1.82, 2.24) is 5.16 Å². The van der Waals surface area contributed by atoms with Crippen LogP contribution < -0.4 is 10.9 Å². The summed E-state index contributed by atoms with van der Waals surface area (Å²) in [7, 11) is 0. The standard InChI is InChI=1S/C26H21N3O3/c1-17-23-14-21(12-13-22(23)24(30)32-29-17)28-25(31)26(2,15-18-6-4-3-5-7-18)20-10-8-19(16-27)9-11-20/h3-14H,15H2,1-2H3,(H,28,31). The number of nitriles is 1. The highest BCUT2D eigenvalue weighted by Crippen LogP contribution is 2.31. The van der Waals surface area contributed by atoms with Crippen LogP contribution in [0.1, 0.15) is 29.3 Å². The first-order valence-corrected chi connectivity index (χ1v) is 10.2. The number of nitrogens with zero attached hydrogens (tertiary/aromatic N) is 2. The van der Waals surface area contributed by atoms with Crippen molar-refractivity contribution in [2.75, 3.05) is 5.32 Å². The first-order chi connectivity index (χ1) is 15.4. The molecular weight excluding hydrogens is 402 g/mol. The molecule has 0 aliphatic rings. The Labute approximate surface area is 185 Å². The van der Waals surface area contributed by atoms with Gasteiger partial charge in [0.2, 0.25) is 5.91 Å². The molecule has 1 amide bonds. The molecule has 0 radical (unpaired) electrons. The zero-order valence-electron chi connectivity index (χ0n) is 17.8. The molecule has 0 aliphatic heterocycles. The van der Waals surface area contributed by atoms with E-state index < -0.39 is 11.0 Å². The van der Waals surface area contributed by atoms with Gasteiger partial charge < -0.3 is 9.84 Å². The van der Waals surface area contributed by atoms with Crippen LogP contribution in [0, 0.1) is 18.3 Å². The van der Waals surface area contributed by atoms with Gasteiger partial charge in [-0.1, -0.05) is 47.6 Å². The highest BCUT2D eigenvalue weighted by Gasteiger charge is 2.35. The molecule has 158 valence electrons. The molecule has 32 heavy (non-hydrogen) atoms. The van der Waals surface area contributed by atoms with Gasteiger partial charge in [0.25, 0.3) is 0 Å². The van der Waals surface area contributed by atoms with Gasteiger partial charge in [-0.2, -0.15) is 5.26 Å². The Kier molecular flexibility index (Phi) is 5.57. The van der Waals surface area contributed by atoms with Gasteiger partial charge >= 0.3 is 5.63 Å². The lowest BCUT2D eigenvalue weighted by Gasteiger charge is -2.29. The molecule has 0 saturated heterocycles. The summed E-state index contributed by atoms with van der Waals surface area (Å²) in [6.07, 6.45) is 0.476. The largest absolute Gasteiger partial charge is 0.366 e. The molecule has 4 rings (SSSR count). The average molecular weight is 423 g/mol. The molecule has 6 nitrogen and oxygen atoms in total. The van der Waals surface area contributed by atoms with Gasteiger partial charge in [0.15, 0.2) is 0 Å². The molecule has 1 heterocycles. The lowest BCUT2D eigenvalue weighted by molar-refractivity contribution is -0.121. The molecule has 0 spiro atoms. The Morgan fingerprint density at radius 1 is 1.06 bits per heavy atom. The van der Waals surface area contributed by atoms with E-state index in [0.717, 1.165) is 11.1 Å². The monoisotopic (exact) mass is 423 g/mol. The third-order valence-electron chi connectivity index (χ3n) is 5.71. The van der Waals surface area contributed by atoms with E-state index in [9.17, 15) is 9.59 Å². The zero-order chi connectivity index (χ0) is 22.7.